The molecular weight excluding hydrogens is 208 g/mol. The fourth-order valence-corrected chi connectivity index (χ4v) is 1.93. The summed E-state index contributed by atoms with van der Waals surface area (Å²) in [4.78, 5) is 0. The van der Waals surface area contributed by atoms with E-state index in [-0.39, 0.29) is 0 Å². The van der Waals surface area contributed by atoms with Gasteiger partial charge in [0.1, 0.15) is 0 Å². The summed E-state index contributed by atoms with van der Waals surface area (Å²) in [6, 6.07) is 14.1. The van der Waals surface area contributed by atoms with Crippen LogP contribution in [0.15, 0.2) is 52.7 Å². The molecule has 17 heavy (non-hydrogen) atoms. The number of azo groups is 1. The molecule has 0 aliphatic heterocycles. The van der Waals surface area contributed by atoms with Gasteiger partial charge in [0.05, 0.1) is 11.4 Å². The van der Waals surface area contributed by atoms with E-state index in [1.807, 2.05) is 30.3 Å². The van der Waals surface area contributed by atoms with Gasteiger partial charge in [-0.2, -0.15) is 10.2 Å². The molecule has 0 amide bonds. The first kappa shape index (κ1) is 11.5. The Labute approximate surface area is 102 Å². The Morgan fingerprint density at radius 1 is 0.765 bits per heavy atom. The second-order valence-corrected chi connectivity index (χ2v) is 4.28. The lowest BCUT2D eigenvalue weighted by atomic mass is 10.1. The smallest absolute Gasteiger partial charge is 0.0915 e. The van der Waals surface area contributed by atoms with Crippen LogP contribution in [0.3, 0.4) is 0 Å². The van der Waals surface area contributed by atoms with Crippen LogP contribution < -0.4 is 0 Å². The van der Waals surface area contributed by atoms with Gasteiger partial charge in [-0.3, -0.25) is 0 Å². The Balaban J connectivity index is 2.34. The minimum absolute atomic E-state index is 0.881. The maximum atomic E-state index is 4.34. The second kappa shape index (κ2) is 4.91. The minimum Gasteiger partial charge on any atom is -0.151 e. The molecule has 0 saturated heterocycles. The highest BCUT2D eigenvalue weighted by atomic mass is 15.1. The standard InChI is InChI=1S/C15H16N2/c1-11-9-12(2)15(13(3)10-11)17-16-14-7-5-4-6-8-14/h4-10H,1-3H3. The maximum Gasteiger partial charge on any atom is 0.0915 e. The number of hydrogen-bond donors (Lipinski definition) is 0. The predicted molar refractivity (Wildman–Crippen MR) is 71.3 cm³/mol. The van der Waals surface area contributed by atoms with E-state index in [4.69, 9.17) is 0 Å². The molecule has 2 nitrogen and oxygen atoms in total. The van der Waals surface area contributed by atoms with Gasteiger partial charge in [-0.15, -0.1) is 0 Å². The molecule has 0 aliphatic rings. The molecule has 0 unspecified atom stereocenters. The highest BCUT2D eigenvalue weighted by Gasteiger charge is 2.02. The molecule has 2 aromatic carbocycles. The molecule has 0 aromatic heterocycles. The Bertz CT molecular complexity index is 519. The first-order valence-electron chi connectivity index (χ1n) is 5.71. The first-order valence-corrected chi connectivity index (χ1v) is 5.71. The van der Waals surface area contributed by atoms with Crippen molar-refractivity contribution in [1.82, 2.24) is 0 Å². The topological polar surface area (TPSA) is 24.7 Å². The third-order valence-corrected chi connectivity index (χ3v) is 2.66. The van der Waals surface area contributed by atoms with Gasteiger partial charge in [0.2, 0.25) is 0 Å². The number of rotatable bonds is 2. The molecular formula is C15H16N2. The molecule has 0 heterocycles. The second-order valence-electron chi connectivity index (χ2n) is 4.28. The molecule has 0 bridgehead atoms. The highest BCUT2D eigenvalue weighted by Crippen LogP contribution is 2.26. The van der Waals surface area contributed by atoms with Crippen molar-refractivity contribution in [2.75, 3.05) is 0 Å². The van der Waals surface area contributed by atoms with Crippen LogP contribution in [0.5, 0.6) is 0 Å². The van der Waals surface area contributed by atoms with Crippen molar-refractivity contribution < 1.29 is 0 Å². The van der Waals surface area contributed by atoms with Gasteiger partial charge in [0.25, 0.3) is 0 Å². The first-order chi connectivity index (χ1) is 8.16. The summed E-state index contributed by atoms with van der Waals surface area (Å²) in [5, 5.41) is 8.59. The zero-order chi connectivity index (χ0) is 12.3. The number of nitrogens with zero attached hydrogens (tertiary/aromatic N) is 2. The maximum absolute atomic E-state index is 4.34. The van der Waals surface area contributed by atoms with Gasteiger partial charge in [-0.05, 0) is 44.0 Å². The van der Waals surface area contributed by atoms with Crippen molar-refractivity contribution >= 4 is 11.4 Å². The Kier molecular flexibility index (Phi) is 3.33. The van der Waals surface area contributed by atoms with Crippen LogP contribution in [0.1, 0.15) is 16.7 Å². The summed E-state index contributed by atoms with van der Waals surface area (Å²) < 4.78 is 0. The van der Waals surface area contributed by atoms with Crippen molar-refractivity contribution in [2.45, 2.75) is 20.8 Å². The highest BCUT2D eigenvalue weighted by molar-refractivity contribution is 5.53. The molecule has 2 heteroatoms. The van der Waals surface area contributed by atoms with E-state index in [0.29, 0.717) is 0 Å². The Hall–Kier alpha value is -1.96. The third kappa shape index (κ3) is 2.78. The Morgan fingerprint density at radius 2 is 1.35 bits per heavy atom. The van der Waals surface area contributed by atoms with Crippen LogP contribution in [0.2, 0.25) is 0 Å². The van der Waals surface area contributed by atoms with E-state index in [1.165, 1.54) is 16.7 Å². The van der Waals surface area contributed by atoms with Crippen LogP contribution >= 0.6 is 0 Å². The third-order valence-electron chi connectivity index (χ3n) is 2.66. The van der Waals surface area contributed by atoms with Crippen LogP contribution in [-0.4, -0.2) is 0 Å². The summed E-state index contributed by atoms with van der Waals surface area (Å²) in [5.41, 5.74) is 5.45. The van der Waals surface area contributed by atoms with Crippen molar-refractivity contribution in [3.8, 4) is 0 Å². The van der Waals surface area contributed by atoms with Gasteiger partial charge in [0.15, 0.2) is 0 Å². The van der Waals surface area contributed by atoms with E-state index >= 15 is 0 Å². The lowest BCUT2D eigenvalue weighted by Gasteiger charge is -2.05. The van der Waals surface area contributed by atoms with Gasteiger partial charge >= 0.3 is 0 Å². The summed E-state index contributed by atoms with van der Waals surface area (Å²) >= 11 is 0. The summed E-state index contributed by atoms with van der Waals surface area (Å²) in [7, 11) is 0. The molecule has 0 saturated carbocycles. The number of hydrogen-bond acceptors (Lipinski definition) is 2. The van der Waals surface area contributed by atoms with Crippen LogP contribution in [0, 0.1) is 20.8 Å². The molecule has 2 aromatic rings. The fraction of sp³-hybridized carbons (Fsp3) is 0.200. The van der Waals surface area contributed by atoms with Crippen LogP contribution in [0.25, 0.3) is 0 Å². The zero-order valence-corrected chi connectivity index (χ0v) is 10.4. The molecule has 0 atom stereocenters. The van der Waals surface area contributed by atoms with Gasteiger partial charge in [-0.1, -0.05) is 35.9 Å². The monoisotopic (exact) mass is 224 g/mol. The van der Waals surface area contributed by atoms with E-state index in [1.54, 1.807) is 0 Å². The molecule has 0 radical (unpaired) electrons. The van der Waals surface area contributed by atoms with E-state index in [9.17, 15) is 0 Å². The van der Waals surface area contributed by atoms with Gasteiger partial charge < -0.3 is 0 Å². The molecule has 0 N–H and O–H groups in total. The van der Waals surface area contributed by atoms with Crippen molar-refractivity contribution in [3.63, 3.8) is 0 Å². The van der Waals surface area contributed by atoms with E-state index in [2.05, 4.69) is 43.1 Å². The van der Waals surface area contributed by atoms with E-state index in [0.717, 1.165) is 11.4 Å². The lowest BCUT2D eigenvalue weighted by Crippen LogP contribution is -1.82. The SMILES string of the molecule is Cc1cc(C)c(N=Nc2ccccc2)c(C)c1. The lowest BCUT2D eigenvalue weighted by molar-refractivity contribution is 1.18. The summed E-state index contributed by atoms with van der Waals surface area (Å²) in [6.07, 6.45) is 0. The normalized spacial score (nSPS) is 11.0. The number of aryl methyl sites for hydroxylation is 3. The molecule has 2 rings (SSSR count). The summed E-state index contributed by atoms with van der Waals surface area (Å²) in [6.45, 7) is 6.23. The molecule has 0 fully saturated rings. The average molecular weight is 224 g/mol. The largest absolute Gasteiger partial charge is 0.151 e. The van der Waals surface area contributed by atoms with E-state index < -0.39 is 0 Å². The van der Waals surface area contributed by atoms with Crippen molar-refractivity contribution in [2.24, 2.45) is 10.2 Å². The number of benzene rings is 2. The Morgan fingerprint density at radius 3 is 1.94 bits per heavy atom. The van der Waals surface area contributed by atoms with Gasteiger partial charge in [0, 0.05) is 0 Å². The van der Waals surface area contributed by atoms with Crippen molar-refractivity contribution in [3.05, 3.63) is 59.2 Å². The summed E-state index contributed by atoms with van der Waals surface area (Å²) in [5.74, 6) is 0. The molecule has 86 valence electrons. The fourth-order valence-electron chi connectivity index (χ4n) is 1.93. The van der Waals surface area contributed by atoms with Crippen LogP contribution in [-0.2, 0) is 0 Å². The zero-order valence-electron chi connectivity index (χ0n) is 10.4. The molecule has 0 aliphatic carbocycles. The van der Waals surface area contributed by atoms with Crippen molar-refractivity contribution in [1.29, 1.82) is 0 Å². The quantitative estimate of drug-likeness (QED) is 0.639. The molecule has 0 spiro atoms. The average Bonchev–Trinajstić information content (AvgIpc) is 2.29. The predicted octanol–water partition coefficient (Wildman–Crippen LogP) is 5.03. The minimum atomic E-state index is 0.881. The van der Waals surface area contributed by atoms with Gasteiger partial charge in [-0.25, -0.2) is 0 Å². The van der Waals surface area contributed by atoms with Crippen LogP contribution in [0.4, 0.5) is 11.4 Å².